The minimum absolute atomic E-state index is 0.143. The number of benzene rings is 1. The topological polar surface area (TPSA) is 84.2 Å². The summed E-state index contributed by atoms with van der Waals surface area (Å²) in [5.41, 5.74) is 3.35. The Bertz CT molecular complexity index is 1440. The third-order valence-corrected chi connectivity index (χ3v) is 6.72. The van der Waals surface area contributed by atoms with E-state index in [1.165, 1.54) is 36.9 Å². The smallest absolute Gasteiger partial charge is 0.268 e. The lowest BCUT2D eigenvalue weighted by molar-refractivity contribution is -0.119. The van der Waals surface area contributed by atoms with Crippen LogP contribution >= 0.6 is 11.6 Å². The lowest BCUT2D eigenvalue weighted by atomic mass is 10.1. The molecule has 6 rings (SSSR count). The second-order valence-electron chi connectivity index (χ2n) is 9.05. The number of hydrogen-bond donors (Lipinski definition) is 2. The second-order valence-corrected chi connectivity index (χ2v) is 9.49. The van der Waals surface area contributed by atoms with Crippen molar-refractivity contribution < 1.29 is 13.6 Å². The number of pyridine rings is 1. The molecule has 2 atom stereocenters. The Kier molecular flexibility index (Phi) is 5.17. The van der Waals surface area contributed by atoms with E-state index in [0.717, 1.165) is 11.3 Å². The zero-order valence-electron chi connectivity index (χ0n) is 18.5. The standard InChI is InChI=1S/C25H21ClF2N6O/c26-17-3-1-2-15(8-17)22-23(25(22,27)28)24(35)33-20-9-19(30-13-31-20)29-10-18-12-34-11-16(14-4-5-14)6-7-21(34)32-18/h1-3,6-9,11-14,22-23H,4-5,10H2,(H2,29,30,31,33,35). The monoisotopic (exact) mass is 494 g/mol. The Labute approximate surface area is 204 Å². The van der Waals surface area contributed by atoms with E-state index >= 15 is 0 Å². The number of hydrogen-bond acceptors (Lipinski definition) is 5. The summed E-state index contributed by atoms with van der Waals surface area (Å²) in [7, 11) is 0. The van der Waals surface area contributed by atoms with Crippen LogP contribution in [0.15, 0.2) is 61.2 Å². The zero-order chi connectivity index (χ0) is 24.2. The number of alkyl halides is 2. The van der Waals surface area contributed by atoms with Crippen LogP contribution in [0.3, 0.4) is 0 Å². The molecule has 2 aliphatic rings. The first-order chi connectivity index (χ1) is 16.9. The van der Waals surface area contributed by atoms with E-state index in [2.05, 4.69) is 37.8 Å². The van der Waals surface area contributed by atoms with Crippen LogP contribution in [0.4, 0.5) is 20.4 Å². The number of anilines is 2. The van der Waals surface area contributed by atoms with Gasteiger partial charge in [0, 0.05) is 23.5 Å². The number of imidazole rings is 1. The lowest BCUT2D eigenvalue weighted by Crippen LogP contribution is -2.18. The van der Waals surface area contributed by atoms with E-state index in [1.807, 2.05) is 16.7 Å². The molecule has 3 aromatic heterocycles. The van der Waals surface area contributed by atoms with Crippen LogP contribution < -0.4 is 10.6 Å². The van der Waals surface area contributed by atoms with Crippen molar-refractivity contribution >= 4 is 34.8 Å². The van der Waals surface area contributed by atoms with E-state index in [0.29, 0.717) is 28.9 Å². The third-order valence-electron chi connectivity index (χ3n) is 6.49. The van der Waals surface area contributed by atoms with Crippen molar-refractivity contribution in [2.24, 2.45) is 5.92 Å². The molecule has 3 heterocycles. The molecule has 178 valence electrons. The molecular formula is C25H21ClF2N6O. The average molecular weight is 495 g/mol. The minimum Gasteiger partial charge on any atom is -0.364 e. The molecular weight excluding hydrogens is 474 g/mol. The van der Waals surface area contributed by atoms with Crippen LogP contribution in [-0.2, 0) is 11.3 Å². The van der Waals surface area contributed by atoms with Gasteiger partial charge in [0.25, 0.3) is 5.92 Å². The molecule has 7 nitrogen and oxygen atoms in total. The molecule has 0 saturated heterocycles. The van der Waals surface area contributed by atoms with Gasteiger partial charge in [-0.25, -0.2) is 23.7 Å². The summed E-state index contributed by atoms with van der Waals surface area (Å²) in [6.45, 7) is 0.405. The van der Waals surface area contributed by atoms with Crippen LogP contribution in [0.25, 0.3) is 5.65 Å². The van der Waals surface area contributed by atoms with Gasteiger partial charge in [-0.3, -0.25) is 4.79 Å². The zero-order valence-corrected chi connectivity index (χ0v) is 19.2. The number of amides is 1. The van der Waals surface area contributed by atoms with Crippen LogP contribution in [0, 0.1) is 5.92 Å². The highest BCUT2D eigenvalue weighted by atomic mass is 35.5. The van der Waals surface area contributed by atoms with E-state index in [1.54, 1.807) is 18.2 Å². The van der Waals surface area contributed by atoms with Gasteiger partial charge in [0.2, 0.25) is 5.91 Å². The van der Waals surface area contributed by atoms with Crippen molar-refractivity contribution in [2.45, 2.75) is 37.1 Å². The maximum atomic E-state index is 14.4. The number of rotatable bonds is 7. The quantitative estimate of drug-likeness (QED) is 0.366. The SMILES string of the molecule is O=C(Nc1cc(NCc2cn3cc(C4CC4)ccc3n2)ncn1)C1C(c2cccc(Cl)c2)C1(F)F. The number of aromatic nitrogens is 4. The van der Waals surface area contributed by atoms with Gasteiger partial charge in [0.15, 0.2) is 0 Å². The first-order valence-corrected chi connectivity index (χ1v) is 11.7. The highest BCUT2D eigenvalue weighted by molar-refractivity contribution is 6.30. The predicted molar refractivity (Wildman–Crippen MR) is 128 cm³/mol. The molecule has 10 heteroatoms. The summed E-state index contributed by atoms with van der Waals surface area (Å²) >= 11 is 5.93. The van der Waals surface area contributed by atoms with E-state index in [-0.39, 0.29) is 5.82 Å². The maximum Gasteiger partial charge on any atom is 0.268 e. The molecule has 2 saturated carbocycles. The molecule has 2 fully saturated rings. The number of nitrogens with zero attached hydrogens (tertiary/aromatic N) is 4. The van der Waals surface area contributed by atoms with Gasteiger partial charge in [-0.1, -0.05) is 29.8 Å². The van der Waals surface area contributed by atoms with Crippen LogP contribution in [0.5, 0.6) is 0 Å². The fraction of sp³-hybridized carbons (Fsp3) is 0.280. The lowest BCUT2D eigenvalue weighted by Gasteiger charge is -2.07. The maximum absolute atomic E-state index is 14.4. The molecule has 2 aliphatic carbocycles. The van der Waals surface area contributed by atoms with Gasteiger partial charge in [-0.05, 0) is 48.1 Å². The van der Waals surface area contributed by atoms with E-state index < -0.39 is 23.7 Å². The van der Waals surface area contributed by atoms with Crippen molar-refractivity contribution in [1.29, 1.82) is 0 Å². The van der Waals surface area contributed by atoms with Gasteiger partial charge in [0.05, 0.1) is 18.2 Å². The summed E-state index contributed by atoms with van der Waals surface area (Å²) in [6.07, 6.45) is 7.82. The molecule has 4 aromatic rings. The van der Waals surface area contributed by atoms with Crippen LogP contribution in [0.1, 0.15) is 41.5 Å². The highest BCUT2D eigenvalue weighted by Crippen LogP contribution is 2.62. The summed E-state index contributed by atoms with van der Waals surface area (Å²) in [5, 5.41) is 5.99. The molecule has 0 aliphatic heterocycles. The van der Waals surface area contributed by atoms with Crippen molar-refractivity contribution in [3.63, 3.8) is 0 Å². The van der Waals surface area contributed by atoms with Crippen LogP contribution in [-0.4, -0.2) is 31.2 Å². The number of carbonyl (C=O) groups excluding carboxylic acids is 1. The number of carbonyl (C=O) groups is 1. The molecule has 2 N–H and O–H groups in total. The van der Waals surface area contributed by atoms with Crippen molar-refractivity contribution in [2.75, 3.05) is 10.6 Å². The summed E-state index contributed by atoms with van der Waals surface area (Å²) in [4.78, 5) is 25.4. The average Bonchev–Trinajstić information content (AvgIpc) is 3.72. The Balaban J connectivity index is 1.11. The predicted octanol–water partition coefficient (Wildman–Crippen LogP) is 5.25. The van der Waals surface area contributed by atoms with Crippen LogP contribution in [0.2, 0.25) is 5.02 Å². The fourth-order valence-corrected chi connectivity index (χ4v) is 4.68. The second kappa shape index (κ2) is 8.27. The first kappa shape index (κ1) is 21.9. The summed E-state index contributed by atoms with van der Waals surface area (Å²) in [6, 6.07) is 11.9. The number of fused-ring (bicyclic) bond motifs is 1. The largest absolute Gasteiger partial charge is 0.364 e. The fourth-order valence-electron chi connectivity index (χ4n) is 4.48. The Morgan fingerprint density at radius 3 is 2.71 bits per heavy atom. The minimum atomic E-state index is -3.15. The van der Waals surface area contributed by atoms with Crippen molar-refractivity contribution in [1.82, 2.24) is 19.4 Å². The van der Waals surface area contributed by atoms with E-state index in [4.69, 9.17) is 11.6 Å². The number of halogens is 3. The molecule has 35 heavy (non-hydrogen) atoms. The van der Waals surface area contributed by atoms with Gasteiger partial charge < -0.3 is 15.0 Å². The molecule has 2 unspecified atom stereocenters. The van der Waals surface area contributed by atoms with Crippen molar-refractivity contribution in [3.05, 3.63) is 83.0 Å². The summed E-state index contributed by atoms with van der Waals surface area (Å²) in [5.74, 6) is -5.39. The Morgan fingerprint density at radius 2 is 1.91 bits per heavy atom. The van der Waals surface area contributed by atoms with Gasteiger partial charge in [0.1, 0.15) is 29.5 Å². The first-order valence-electron chi connectivity index (χ1n) is 11.4. The molecule has 0 spiro atoms. The van der Waals surface area contributed by atoms with Gasteiger partial charge in [-0.2, -0.15) is 0 Å². The highest BCUT2D eigenvalue weighted by Gasteiger charge is 2.72. The normalized spacial score (nSPS) is 20.5. The Hall–Kier alpha value is -3.59. The van der Waals surface area contributed by atoms with Gasteiger partial charge in [-0.15, -0.1) is 0 Å². The molecule has 1 amide bonds. The van der Waals surface area contributed by atoms with Gasteiger partial charge >= 0.3 is 0 Å². The molecule has 1 aromatic carbocycles. The summed E-state index contributed by atoms with van der Waals surface area (Å²) < 4.78 is 30.9. The Morgan fingerprint density at radius 1 is 1.09 bits per heavy atom. The molecule has 0 bridgehead atoms. The van der Waals surface area contributed by atoms with Crippen molar-refractivity contribution in [3.8, 4) is 0 Å². The molecule has 0 radical (unpaired) electrons. The third kappa shape index (κ3) is 4.32. The van der Waals surface area contributed by atoms with E-state index in [9.17, 15) is 13.6 Å². The number of nitrogens with one attached hydrogen (secondary N) is 2.